The van der Waals surface area contributed by atoms with Crippen molar-refractivity contribution < 1.29 is 19.0 Å². The number of carbonyl (C=O) groups is 1. The SMILES string of the molecule is Cc1cc(N2CC3COCCC3(C(=O)O)C2)nc2ccc(F)cc12. The van der Waals surface area contributed by atoms with Crippen molar-refractivity contribution in [2.24, 2.45) is 11.3 Å². The molecule has 0 saturated carbocycles. The zero-order valence-corrected chi connectivity index (χ0v) is 13.5. The lowest BCUT2D eigenvalue weighted by Crippen LogP contribution is -2.44. The normalized spacial score (nSPS) is 26.6. The quantitative estimate of drug-likeness (QED) is 0.917. The first kappa shape index (κ1) is 15.3. The molecule has 0 aliphatic carbocycles. The van der Waals surface area contributed by atoms with Gasteiger partial charge in [0.2, 0.25) is 0 Å². The Kier molecular flexibility index (Phi) is 3.46. The van der Waals surface area contributed by atoms with Crippen LogP contribution in [0.1, 0.15) is 12.0 Å². The van der Waals surface area contributed by atoms with Gasteiger partial charge in [-0.2, -0.15) is 0 Å². The molecule has 4 rings (SSSR count). The average molecular weight is 330 g/mol. The molecule has 0 radical (unpaired) electrons. The van der Waals surface area contributed by atoms with Crippen molar-refractivity contribution in [1.29, 1.82) is 0 Å². The van der Waals surface area contributed by atoms with Crippen molar-refractivity contribution in [3.8, 4) is 0 Å². The van der Waals surface area contributed by atoms with Crippen LogP contribution in [0.25, 0.3) is 10.9 Å². The van der Waals surface area contributed by atoms with Crippen molar-refractivity contribution in [3.05, 3.63) is 35.6 Å². The average Bonchev–Trinajstić information content (AvgIpc) is 2.96. The van der Waals surface area contributed by atoms with Crippen LogP contribution in [0.2, 0.25) is 0 Å². The number of hydrogen-bond donors (Lipinski definition) is 1. The van der Waals surface area contributed by atoms with Gasteiger partial charge in [-0.05, 0) is 43.2 Å². The van der Waals surface area contributed by atoms with E-state index >= 15 is 0 Å². The van der Waals surface area contributed by atoms with Crippen LogP contribution in [0.3, 0.4) is 0 Å². The zero-order chi connectivity index (χ0) is 16.9. The Labute approximate surface area is 139 Å². The van der Waals surface area contributed by atoms with Crippen LogP contribution in [-0.2, 0) is 9.53 Å². The van der Waals surface area contributed by atoms with Gasteiger partial charge in [0.25, 0.3) is 0 Å². The molecule has 3 heterocycles. The molecule has 0 amide bonds. The highest BCUT2D eigenvalue weighted by Crippen LogP contribution is 2.44. The molecule has 2 aliphatic heterocycles. The number of rotatable bonds is 2. The summed E-state index contributed by atoms with van der Waals surface area (Å²) in [7, 11) is 0. The third kappa shape index (κ3) is 2.24. The third-order valence-corrected chi connectivity index (χ3v) is 5.42. The van der Waals surface area contributed by atoms with Crippen molar-refractivity contribution in [2.75, 3.05) is 31.2 Å². The van der Waals surface area contributed by atoms with E-state index in [-0.39, 0.29) is 11.7 Å². The van der Waals surface area contributed by atoms with Crippen LogP contribution < -0.4 is 4.90 Å². The number of hydrogen-bond acceptors (Lipinski definition) is 4. The van der Waals surface area contributed by atoms with Crippen molar-refractivity contribution >= 4 is 22.7 Å². The Morgan fingerprint density at radius 2 is 2.29 bits per heavy atom. The van der Waals surface area contributed by atoms with E-state index < -0.39 is 11.4 Å². The molecule has 126 valence electrons. The second-order valence-corrected chi connectivity index (χ2v) is 6.82. The Hall–Kier alpha value is -2.21. The Bertz CT molecular complexity index is 825. The monoisotopic (exact) mass is 330 g/mol. The molecule has 5 nitrogen and oxygen atoms in total. The molecule has 1 N–H and O–H groups in total. The highest BCUT2D eigenvalue weighted by molar-refractivity contribution is 5.84. The van der Waals surface area contributed by atoms with Gasteiger partial charge in [-0.25, -0.2) is 9.37 Å². The number of anilines is 1. The summed E-state index contributed by atoms with van der Waals surface area (Å²) in [6, 6.07) is 6.46. The number of carboxylic acid groups (broad SMARTS) is 1. The molecule has 0 bridgehead atoms. The largest absolute Gasteiger partial charge is 0.481 e. The van der Waals surface area contributed by atoms with Gasteiger partial charge >= 0.3 is 5.97 Å². The zero-order valence-electron chi connectivity index (χ0n) is 13.5. The molecule has 1 aromatic heterocycles. The second-order valence-electron chi connectivity index (χ2n) is 6.82. The summed E-state index contributed by atoms with van der Waals surface area (Å²) in [6.45, 7) is 3.94. The van der Waals surface area contributed by atoms with Gasteiger partial charge < -0.3 is 14.7 Å². The van der Waals surface area contributed by atoms with E-state index in [1.807, 2.05) is 17.9 Å². The molecule has 2 unspecified atom stereocenters. The number of pyridine rings is 1. The van der Waals surface area contributed by atoms with Gasteiger partial charge in [-0.15, -0.1) is 0 Å². The Balaban J connectivity index is 1.73. The van der Waals surface area contributed by atoms with Crippen LogP contribution in [0.5, 0.6) is 0 Å². The minimum absolute atomic E-state index is 0.0326. The summed E-state index contributed by atoms with van der Waals surface area (Å²) < 4.78 is 18.9. The van der Waals surface area contributed by atoms with E-state index in [0.717, 1.165) is 22.3 Å². The molecule has 2 atom stereocenters. The number of aliphatic carboxylic acids is 1. The van der Waals surface area contributed by atoms with Gasteiger partial charge in [0, 0.05) is 31.0 Å². The number of carboxylic acids is 1. The van der Waals surface area contributed by atoms with Crippen LogP contribution in [0.15, 0.2) is 24.3 Å². The maximum atomic E-state index is 13.4. The molecule has 0 spiro atoms. The molecule has 24 heavy (non-hydrogen) atoms. The van der Waals surface area contributed by atoms with Crippen LogP contribution >= 0.6 is 0 Å². The molecular formula is C18H19FN2O3. The number of aromatic nitrogens is 1. The topological polar surface area (TPSA) is 62.7 Å². The van der Waals surface area contributed by atoms with Crippen molar-refractivity contribution in [3.63, 3.8) is 0 Å². The lowest BCUT2D eigenvalue weighted by molar-refractivity contribution is -0.157. The number of benzene rings is 1. The maximum Gasteiger partial charge on any atom is 0.311 e. The summed E-state index contributed by atoms with van der Waals surface area (Å²) in [6.07, 6.45) is 0.529. The molecule has 6 heteroatoms. The van der Waals surface area contributed by atoms with Gasteiger partial charge in [-0.3, -0.25) is 4.79 Å². The van der Waals surface area contributed by atoms with Crippen LogP contribution in [-0.4, -0.2) is 42.4 Å². The summed E-state index contributed by atoms with van der Waals surface area (Å²) >= 11 is 0. The fraction of sp³-hybridized carbons (Fsp3) is 0.444. The summed E-state index contributed by atoms with van der Waals surface area (Å²) in [5.74, 6) is -0.316. The predicted molar refractivity (Wildman–Crippen MR) is 87.6 cm³/mol. The fourth-order valence-electron chi connectivity index (χ4n) is 3.98. The third-order valence-electron chi connectivity index (χ3n) is 5.42. The Morgan fingerprint density at radius 1 is 1.46 bits per heavy atom. The highest BCUT2D eigenvalue weighted by atomic mass is 19.1. The number of aryl methyl sites for hydroxylation is 1. The van der Waals surface area contributed by atoms with Crippen LogP contribution in [0, 0.1) is 24.1 Å². The van der Waals surface area contributed by atoms with Gasteiger partial charge in [-0.1, -0.05) is 0 Å². The van der Waals surface area contributed by atoms with Gasteiger partial charge in [0.1, 0.15) is 11.6 Å². The maximum absolute atomic E-state index is 13.4. The standard InChI is InChI=1S/C18H19FN2O3/c1-11-6-16(20-15-3-2-13(19)7-14(11)15)21-8-12-9-24-5-4-18(12,10-21)17(22)23/h2-3,6-7,12H,4-5,8-10H2,1H3,(H,22,23). The van der Waals surface area contributed by atoms with E-state index in [4.69, 9.17) is 4.74 Å². The summed E-state index contributed by atoms with van der Waals surface area (Å²) in [5, 5.41) is 10.6. The summed E-state index contributed by atoms with van der Waals surface area (Å²) in [4.78, 5) is 18.6. The number of nitrogens with zero attached hydrogens (tertiary/aromatic N) is 2. The minimum Gasteiger partial charge on any atom is -0.481 e. The number of ether oxygens (including phenoxy) is 1. The molecule has 2 saturated heterocycles. The number of halogens is 1. The van der Waals surface area contributed by atoms with E-state index in [1.165, 1.54) is 12.1 Å². The first-order valence-electron chi connectivity index (χ1n) is 8.13. The lowest BCUT2D eigenvalue weighted by Gasteiger charge is -2.33. The minimum atomic E-state index is -0.758. The first-order chi connectivity index (χ1) is 11.5. The van der Waals surface area contributed by atoms with E-state index in [9.17, 15) is 14.3 Å². The van der Waals surface area contributed by atoms with E-state index in [2.05, 4.69) is 4.98 Å². The van der Waals surface area contributed by atoms with E-state index in [0.29, 0.717) is 32.7 Å². The molecule has 2 aromatic rings. The van der Waals surface area contributed by atoms with Crippen molar-refractivity contribution in [1.82, 2.24) is 4.98 Å². The van der Waals surface area contributed by atoms with Crippen molar-refractivity contribution in [2.45, 2.75) is 13.3 Å². The second kappa shape index (κ2) is 5.41. The summed E-state index contributed by atoms with van der Waals surface area (Å²) in [5.41, 5.74) is 0.901. The highest BCUT2D eigenvalue weighted by Gasteiger charge is 2.54. The lowest BCUT2D eigenvalue weighted by atomic mass is 9.74. The number of fused-ring (bicyclic) bond motifs is 2. The van der Waals surface area contributed by atoms with Crippen LogP contribution in [0.4, 0.5) is 10.2 Å². The van der Waals surface area contributed by atoms with Gasteiger partial charge in [0.15, 0.2) is 0 Å². The first-order valence-corrected chi connectivity index (χ1v) is 8.13. The Morgan fingerprint density at radius 3 is 3.04 bits per heavy atom. The smallest absolute Gasteiger partial charge is 0.311 e. The predicted octanol–water partition coefficient (Wildman–Crippen LogP) is 2.61. The molecule has 2 aliphatic rings. The van der Waals surface area contributed by atoms with E-state index in [1.54, 1.807) is 6.07 Å². The molecule has 1 aromatic carbocycles. The molecular weight excluding hydrogens is 311 g/mol. The molecule has 2 fully saturated rings. The van der Waals surface area contributed by atoms with Gasteiger partial charge in [0.05, 0.1) is 17.5 Å². The fourth-order valence-corrected chi connectivity index (χ4v) is 3.98.